The molecule has 2 atom stereocenters. The lowest BCUT2D eigenvalue weighted by atomic mass is 10.0. The summed E-state index contributed by atoms with van der Waals surface area (Å²) in [6, 6.07) is 19.2. The van der Waals surface area contributed by atoms with E-state index < -0.39 is 0 Å². The molecule has 0 aliphatic carbocycles. The van der Waals surface area contributed by atoms with Gasteiger partial charge >= 0.3 is 0 Å². The molecule has 1 amide bonds. The van der Waals surface area contributed by atoms with Crippen LogP contribution in [0.4, 0.5) is 5.69 Å². The molecule has 4 rings (SSSR count). The number of furan rings is 1. The number of aryl methyl sites for hydroxylation is 1. The first-order valence-corrected chi connectivity index (χ1v) is 10.9. The number of likely N-dealkylation sites (N-methyl/N-ethyl adjacent to an activating group) is 1. The SMILES string of the molecule is Cc1ccc(C(CNC(=O)c2ccoc2CN2c3ccccc3CC2C)N(C)C)cc1. The number of hydrogen-bond acceptors (Lipinski definition) is 4. The molecule has 1 N–H and O–H groups in total. The van der Waals surface area contributed by atoms with Crippen molar-refractivity contribution in [2.24, 2.45) is 0 Å². The Kier molecular flexibility index (Phi) is 6.14. The first-order valence-electron chi connectivity index (χ1n) is 10.9. The van der Waals surface area contributed by atoms with Gasteiger partial charge in [-0.05, 0) is 57.6 Å². The van der Waals surface area contributed by atoms with Crippen molar-refractivity contribution in [2.75, 3.05) is 25.5 Å². The van der Waals surface area contributed by atoms with Crippen molar-refractivity contribution in [1.29, 1.82) is 0 Å². The third-order valence-corrected chi connectivity index (χ3v) is 6.19. The first kappa shape index (κ1) is 21.2. The summed E-state index contributed by atoms with van der Waals surface area (Å²) >= 11 is 0. The van der Waals surface area contributed by atoms with Crippen molar-refractivity contribution < 1.29 is 9.21 Å². The number of para-hydroxylation sites is 1. The molecule has 3 aromatic rings. The molecule has 0 fully saturated rings. The molecule has 162 valence electrons. The number of carbonyl (C=O) groups is 1. The molecule has 2 unspecified atom stereocenters. The third kappa shape index (κ3) is 4.52. The van der Waals surface area contributed by atoms with E-state index in [0.29, 0.717) is 30.5 Å². The summed E-state index contributed by atoms with van der Waals surface area (Å²) in [6.07, 6.45) is 2.62. The molecule has 2 heterocycles. The summed E-state index contributed by atoms with van der Waals surface area (Å²) in [4.78, 5) is 17.5. The summed E-state index contributed by atoms with van der Waals surface area (Å²) in [5, 5.41) is 3.12. The van der Waals surface area contributed by atoms with Crippen molar-refractivity contribution in [3.8, 4) is 0 Å². The molecule has 0 saturated heterocycles. The molecule has 31 heavy (non-hydrogen) atoms. The fraction of sp³-hybridized carbons (Fsp3) is 0.346. The van der Waals surface area contributed by atoms with Gasteiger partial charge in [0, 0.05) is 18.3 Å². The average Bonchev–Trinajstić information content (AvgIpc) is 3.34. The Hall–Kier alpha value is -3.05. The Morgan fingerprint density at radius 3 is 2.65 bits per heavy atom. The second-order valence-corrected chi connectivity index (χ2v) is 8.67. The van der Waals surface area contributed by atoms with Gasteiger partial charge in [0.1, 0.15) is 5.76 Å². The van der Waals surface area contributed by atoms with Gasteiger partial charge in [-0.1, -0.05) is 48.0 Å². The van der Waals surface area contributed by atoms with Crippen molar-refractivity contribution >= 4 is 11.6 Å². The molecular weight excluding hydrogens is 386 g/mol. The number of nitrogens with one attached hydrogen (secondary N) is 1. The Labute approximate surface area is 184 Å². The van der Waals surface area contributed by atoms with Crippen LogP contribution in [0.3, 0.4) is 0 Å². The van der Waals surface area contributed by atoms with E-state index in [0.717, 1.165) is 6.42 Å². The summed E-state index contributed by atoms with van der Waals surface area (Å²) < 4.78 is 5.75. The maximum absolute atomic E-state index is 13.0. The summed E-state index contributed by atoms with van der Waals surface area (Å²) in [5.74, 6) is 0.612. The molecule has 5 heteroatoms. The highest BCUT2D eigenvalue weighted by Gasteiger charge is 2.28. The molecule has 1 aliphatic rings. The maximum Gasteiger partial charge on any atom is 0.254 e. The largest absolute Gasteiger partial charge is 0.467 e. The van der Waals surface area contributed by atoms with Crippen LogP contribution in [0.2, 0.25) is 0 Å². The molecule has 0 bridgehead atoms. The first-order chi connectivity index (χ1) is 14.9. The minimum atomic E-state index is -0.0946. The summed E-state index contributed by atoms with van der Waals surface area (Å²) in [6.45, 7) is 5.41. The summed E-state index contributed by atoms with van der Waals surface area (Å²) in [5.41, 5.74) is 5.60. The smallest absolute Gasteiger partial charge is 0.254 e. The van der Waals surface area contributed by atoms with Gasteiger partial charge in [-0.3, -0.25) is 4.79 Å². The van der Waals surface area contributed by atoms with Crippen LogP contribution in [0.25, 0.3) is 0 Å². The lowest BCUT2D eigenvalue weighted by Gasteiger charge is -2.26. The molecule has 0 spiro atoms. The van der Waals surface area contributed by atoms with Crippen molar-refractivity contribution in [3.05, 3.63) is 88.9 Å². The monoisotopic (exact) mass is 417 g/mol. The number of rotatable bonds is 7. The minimum absolute atomic E-state index is 0.0946. The fourth-order valence-electron chi connectivity index (χ4n) is 4.36. The Morgan fingerprint density at radius 1 is 1.16 bits per heavy atom. The quantitative estimate of drug-likeness (QED) is 0.612. The van der Waals surface area contributed by atoms with Gasteiger partial charge in [0.15, 0.2) is 0 Å². The van der Waals surface area contributed by atoms with Crippen molar-refractivity contribution in [2.45, 2.75) is 38.9 Å². The third-order valence-electron chi connectivity index (χ3n) is 6.19. The zero-order chi connectivity index (χ0) is 22.0. The number of carbonyl (C=O) groups excluding carboxylic acids is 1. The molecule has 2 aromatic carbocycles. The van der Waals surface area contributed by atoms with E-state index in [2.05, 4.69) is 77.5 Å². The topological polar surface area (TPSA) is 48.7 Å². The standard InChI is InChI=1S/C26H31N3O2/c1-18-9-11-20(12-10-18)24(28(3)4)16-27-26(30)22-13-14-31-25(22)17-29-19(2)15-21-7-5-6-8-23(21)29/h5-14,19,24H,15-17H2,1-4H3,(H,27,30). The normalized spacial score (nSPS) is 16.4. The predicted molar refractivity (Wildman–Crippen MR) is 124 cm³/mol. The van der Waals surface area contributed by atoms with E-state index in [1.54, 1.807) is 12.3 Å². The van der Waals surface area contributed by atoms with Crippen LogP contribution in [0.1, 0.15) is 45.8 Å². The molecule has 1 aromatic heterocycles. The van der Waals surface area contributed by atoms with Crippen LogP contribution in [0, 0.1) is 6.92 Å². The van der Waals surface area contributed by atoms with Crippen LogP contribution >= 0.6 is 0 Å². The molecule has 0 saturated carbocycles. The number of hydrogen-bond donors (Lipinski definition) is 1. The van der Waals surface area contributed by atoms with Gasteiger partial charge in [-0.2, -0.15) is 0 Å². The van der Waals surface area contributed by atoms with Gasteiger partial charge in [-0.15, -0.1) is 0 Å². The number of anilines is 1. The van der Waals surface area contributed by atoms with Crippen LogP contribution in [-0.2, 0) is 13.0 Å². The van der Waals surface area contributed by atoms with E-state index in [1.165, 1.54) is 22.4 Å². The minimum Gasteiger partial charge on any atom is -0.467 e. The number of fused-ring (bicyclic) bond motifs is 1. The zero-order valence-electron chi connectivity index (χ0n) is 18.8. The van der Waals surface area contributed by atoms with Crippen LogP contribution in [0.5, 0.6) is 0 Å². The van der Waals surface area contributed by atoms with Crippen LogP contribution in [-0.4, -0.2) is 37.5 Å². The molecule has 5 nitrogen and oxygen atoms in total. The van der Waals surface area contributed by atoms with E-state index in [9.17, 15) is 4.79 Å². The highest BCUT2D eigenvalue weighted by atomic mass is 16.3. The van der Waals surface area contributed by atoms with Gasteiger partial charge < -0.3 is 19.5 Å². The Balaban J connectivity index is 1.46. The van der Waals surface area contributed by atoms with Crippen LogP contribution < -0.4 is 10.2 Å². The van der Waals surface area contributed by atoms with Gasteiger partial charge in [0.25, 0.3) is 5.91 Å². The van der Waals surface area contributed by atoms with Gasteiger partial charge in [0.05, 0.1) is 24.4 Å². The highest BCUT2D eigenvalue weighted by molar-refractivity contribution is 5.95. The molecular formula is C26H31N3O2. The van der Waals surface area contributed by atoms with E-state index in [4.69, 9.17) is 4.42 Å². The van der Waals surface area contributed by atoms with Crippen LogP contribution in [0.15, 0.2) is 65.3 Å². The highest BCUT2D eigenvalue weighted by Crippen LogP contribution is 2.33. The molecule has 0 radical (unpaired) electrons. The van der Waals surface area contributed by atoms with Gasteiger partial charge in [0.2, 0.25) is 0 Å². The average molecular weight is 418 g/mol. The van der Waals surface area contributed by atoms with E-state index in [-0.39, 0.29) is 11.9 Å². The lowest BCUT2D eigenvalue weighted by Crippen LogP contribution is -2.35. The van der Waals surface area contributed by atoms with Crippen molar-refractivity contribution in [3.63, 3.8) is 0 Å². The number of benzene rings is 2. The second-order valence-electron chi connectivity index (χ2n) is 8.67. The fourth-order valence-corrected chi connectivity index (χ4v) is 4.36. The Morgan fingerprint density at radius 2 is 1.90 bits per heavy atom. The number of amides is 1. The maximum atomic E-state index is 13.0. The zero-order valence-corrected chi connectivity index (χ0v) is 18.8. The Bertz CT molecular complexity index is 1040. The summed E-state index contributed by atoms with van der Waals surface area (Å²) in [7, 11) is 4.07. The number of nitrogens with zero attached hydrogens (tertiary/aromatic N) is 2. The second kappa shape index (κ2) is 8.98. The van der Waals surface area contributed by atoms with E-state index >= 15 is 0 Å². The predicted octanol–water partition coefficient (Wildman–Crippen LogP) is 4.57. The van der Waals surface area contributed by atoms with Gasteiger partial charge in [-0.25, -0.2) is 0 Å². The van der Waals surface area contributed by atoms with E-state index in [1.807, 2.05) is 14.1 Å². The molecule has 1 aliphatic heterocycles. The lowest BCUT2D eigenvalue weighted by molar-refractivity contribution is 0.0940. The van der Waals surface area contributed by atoms with Crippen molar-refractivity contribution in [1.82, 2.24) is 10.2 Å².